The van der Waals surface area contributed by atoms with Gasteiger partial charge in [0, 0.05) is 11.3 Å². The number of anilines is 1. The minimum atomic E-state index is -0.781. The molecule has 5 heteroatoms. The van der Waals surface area contributed by atoms with Gasteiger partial charge in [-0.05, 0) is 30.3 Å². The van der Waals surface area contributed by atoms with Crippen LogP contribution in [0.5, 0.6) is 0 Å². The van der Waals surface area contributed by atoms with E-state index in [0.717, 1.165) is 0 Å². The highest BCUT2D eigenvalue weighted by atomic mass is 19.1. The van der Waals surface area contributed by atoms with Crippen LogP contribution in [0.2, 0.25) is 0 Å². The SMILES string of the molecule is NC1C(=O)N(c2ccc(F)cc2)C1c1ccccc1F. The molecule has 2 atom stereocenters. The number of rotatable bonds is 2. The Morgan fingerprint density at radius 2 is 1.65 bits per heavy atom. The fraction of sp³-hybridized carbons (Fsp3) is 0.133. The molecule has 1 amide bonds. The molecule has 3 nitrogen and oxygen atoms in total. The number of carbonyl (C=O) groups is 1. The van der Waals surface area contributed by atoms with Crippen LogP contribution in [-0.4, -0.2) is 11.9 Å². The summed E-state index contributed by atoms with van der Waals surface area (Å²) in [7, 11) is 0. The fourth-order valence-electron chi connectivity index (χ4n) is 2.45. The third kappa shape index (κ3) is 1.87. The van der Waals surface area contributed by atoms with Gasteiger partial charge in [-0.1, -0.05) is 18.2 Å². The molecular weight excluding hydrogens is 262 g/mol. The first-order valence-corrected chi connectivity index (χ1v) is 6.18. The summed E-state index contributed by atoms with van der Waals surface area (Å²) in [6, 6.07) is 10.3. The first-order valence-electron chi connectivity index (χ1n) is 6.18. The molecule has 0 aliphatic carbocycles. The molecule has 1 aliphatic heterocycles. The van der Waals surface area contributed by atoms with Crippen LogP contribution in [0.25, 0.3) is 0 Å². The number of hydrogen-bond acceptors (Lipinski definition) is 2. The highest BCUT2D eigenvalue weighted by molar-refractivity contribution is 6.05. The number of nitrogens with zero attached hydrogens (tertiary/aromatic N) is 1. The predicted octanol–water partition coefficient (Wildman–Crippen LogP) is 2.38. The Morgan fingerprint density at radius 1 is 1.00 bits per heavy atom. The van der Waals surface area contributed by atoms with Gasteiger partial charge in [0.05, 0.1) is 6.04 Å². The van der Waals surface area contributed by atoms with Gasteiger partial charge in [-0.2, -0.15) is 0 Å². The maximum absolute atomic E-state index is 13.9. The van der Waals surface area contributed by atoms with E-state index in [1.54, 1.807) is 18.2 Å². The van der Waals surface area contributed by atoms with Crippen LogP contribution in [-0.2, 0) is 4.79 Å². The highest BCUT2D eigenvalue weighted by Gasteiger charge is 2.47. The molecule has 2 N–H and O–H groups in total. The molecule has 1 fully saturated rings. The largest absolute Gasteiger partial charge is 0.318 e. The summed E-state index contributed by atoms with van der Waals surface area (Å²) in [5.41, 5.74) is 6.66. The van der Waals surface area contributed by atoms with Gasteiger partial charge in [0.2, 0.25) is 5.91 Å². The molecule has 102 valence electrons. The van der Waals surface area contributed by atoms with Crippen molar-refractivity contribution in [3.8, 4) is 0 Å². The normalized spacial score (nSPS) is 21.8. The monoisotopic (exact) mass is 274 g/mol. The van der Waals surface area contributed by atoms with Gasteiger partial charge in [-0.3, -0.25) is 4.79 Å². The number of benzene rings is 2. The van der Waals surface area contributed by atoms with E-state index in [0.29, 0.717) is 11.3 Å². The Bertz CT molecular complexity index is 657. The fourth-order valence-corrected chi connectivity index (χ4v) is 2.45. The molecule has 1 heterocycles. The van der Waals surface area contributed by atoms with Gasteiger partial charge < -0.3 is 10.6 Å². The number of amides is 1. The summed E-state index contributed by atoms with van der Waals surface area (Å²) in [5, 5.41) is 0. The van der Waals surface area contributed by atoms with E-state index in [2.05, 4.69) is 0 Å². The first-order chi connectivity index (χ1) is 9.59. The third-order valence-electron chi connectivity index (χ3n) is 3.47. The Labute approximate surface area is 114 Å². The Kier molecular flexibility index (Phi) is 2.99. The smallest absolute Gasteiger partial charge is 0.247 e. The lowest BCUT2D eigenvalue weighted by Crippen LogP contribution is -2.63. The molecule has 2 aromatic carbocycles. The number of carbonyl (C=O) groups excluding carboxylic acids is 1. The number of halogens is 2. The zero-order valence-corrected chi connectivity index (χ0v) is 10.5. The second kappa shape index (κ2) is 4.68. The summed E-state index contributed by atoms with van der Waals surface area (Å²) in [5.74, 6) is -1.11. The standard InChI is InChI=1S/C15H12F2N2O/c16-9-5-7-10(8-6-9)19-14(13(18)15(19)20)11-3-1-2-4-12(11)17/h1-8,13-14H,18H2. The second-order valence-corrected chi connectivity index (χ2v) is 4.68. The van der Waals surface area contributed by atoms with Crippen molar-refractivity contribution in [2.45, 2.75) is 12.1 Å². The molecule has 1 aliphatic rings. The van der Waals surface area contributed by atoms with Crippen LogP contribution in [0.4, 0.5) is 14.5 Å². The van der Waals surface area contributed by atoms with Gasteiger partial charge in [0.25, 0.3) is 0 Å². The molecule has 3 rings (SSSR count). The minimum Gasteiger partial charge on any atom is -0.318 e. The zero-order chi connectivity index (χ0) is 14.3. The highest BCUT2D eigenvalue weighted by Crippen LogP contribution is 2.38. The molecule has 1 saturated heterocycles. The van der Waals surface area contributed by atoms with Crippen LogP contribution < -0.4 is 10.6 Å². The summed E-state index contributed by atoms with van der Waals surface area (Å²) < 4.78 is 26.8. The number of hydrogen-bond donors (Lipinski definition) is 1. The lowest BCUT2D eigenvalue weighted by atomic mass is 9.88. The van der Waals surface area contributed by atoms with E-state index in [4.69, 9.17) is 5.73 Å². The van der Waals surface area contributed by atoms with Crippen molar-refractivity contribution in [3.63, 3.8) is 0 Å². The Balaban J connectivity index is 2.00. The van der Waals surface area contributed by atoms with Gasteiger partial charge >= 0.3 is 0 Å². The molecule has 20 heavy (non-hydrogen) atoms. The van der Waals surface area contributed by atoms with Crippen LogP contribution in [0.15, 0.2) is 48.5 Å². The lowest BCUT2D eigenvalue weighted by Gasteiger charge is -2.45. The van der Waals surface area contributed by atoms with Crippen molar-refractivity contribution in [3.05, 3.63) is 65.7 Å². The number of β-lactam (4-membered cyclic amide) rings is 1. The molecule has 0 aromatic heterocycles. The van der Waals surface area contributed by atoms with Crippen molar-refractivity contribution in [1.29, 1.82) is 0 Å². The summed E-state index contributed by atoms with van der Waals surface area (Å²) in [6.45, 7) is 0. The van der Waals surface area contributed by atoms with Gasteiger partial charge in [0.1, 0.15) is 17.7 Å². The van der Waals surface area contributed by atoms with Crippen molar-refractivity contribution in [1.82, 2.24) is 0 Å². The molecule has 0 bridgehead atoms. The van der Waals surface area contributed by atoms with E-state index in [1.165, 1.54) is 35.2 Å². The van der Waals surface area contributed by atoms with E-state index < -0.39 is 23.7 Å². The van der Waals surface area contributed by atoms with E-state index >= 15 is 0 Å². The zero-order valence-electron chi connectivity index (χ0n) is 10.5. The van der Waals surface area contributed by atoms with E-state index in [-0.39, 0.29) is 5.91 Å². The predicted molar refractivity (Wildman–Crippen MR) is 71.0 cm³/mol. The van der Waals surface area contributed by atoms with Crippen LogP contribution in [0, 0.1) is 11.6 Å². The topological polar surface area (TPSA) is 46.3 Å². The van der Waals surface area contributed by atoms with Crippen molar-refractivity contribution in [2.24, 2.45) is 5.73 Å². The minimum absolute atomic E-state index is 0.301. The first kappa shape index (κ1) is 12.7. The van der Waals surface area contributed by atoms with Gasteiger partial charge in [-0.25, -0.2) is 8.78 Å². The Morgan fingerprint density at radius 3 is 2.30 bits per heavy atom. The summed E-state index contributed by atoms with van der Waals surface area (Å²) in [4.78, 5) is 13.3. The second-order valence-electron chi connectivity index (χ2n) is 4.68. The maximum atomic E-state index is 13.9. The maximum Gasteiger partial charge on any atom is 0.247 e. The molecule has 2 unspecified atom stereocenters. The molecule has 0 saturated carbocycles. The van der Waals surface area contributed by atoms with E-state index in [9.17, 15) is 13.6 Å². The molecule has 2 aromatic rings. The van der Waals surface area contributed by atoms with Crippen LogP contribution in [0.1, 0.15) is 11.6 Å². The lowest BCUT2D eigenvalue weighted by molar-refractivity contribution is -0.126. The summed E-state index contributed by atoms with van der Waals surface area (Å²) >= 11 is 0. The Hall–Kier alpha value is -2.27. The molecule has 0 radical (unpaired) electrons. The van der Waals surface area contributed by atoms with Crippen molar-refractivity contribution < 1.29 is 13.6 Å². The number of nitrogens with two attached hydrogens (primary N) is 1. The third-order valence-corrected chi connectivity index (χ3v) is 3.47. The summed E-state index contributed by atoms with van der Waals surface area (Å²) in [6.07, 6.45) is 0. The average molecular weight is 274 g/mol. The molecule has 0 spiro atoms. The van der Waals surface area contributed by atoms with Gasteiger partial charge in [0.15, 0.2) is 0 Å². The van der Waals surface area contributed by atoms with Crippen molar-refractivity contribution >= 4 is 11.6 Å². The van der Waals surface area contributed by atoms with Gasteiger partial charge in [-0.15, -0.1) is 0 Å². The van der Waals surface area contributed by atoms with Crippen LogP contribution >= 0.6 is 0 Å². The molecular formula is C15H12F2N2O. The van der Waals surface area contributed by atoms with Crippen LogP contribution in [0.3, 0.4) is 0 Å². The van der Waals surface area contributed by atoms with Crippen molar-refractivity contribution in [2.75, 3.05) is 4.90 Å². The quantitative estimate of drug-likeness (QED) is 0.855. The van der Waals surface area contributed by atoms with E-state index in [1.807, 2.05) is 0 Å². The average Bonchev–Trinajstić information content (AvgIpc) is 2.46.